The van der Waals surface area contributed by atoms with E-state index in [1.165, 1.54) is 38.2 Å². The predicted octanol–water partition coefficient (Wildman–Crippen LogP) is 4.56. The number of urea groups is 1. The van der Waals surface area contributed by atoms with Crippen molar-refractivity contribution >= 4 is 23.5 Å². The molecular weight excluding hydrogens is 287 g/mol. The molecule has 0 bridgehead atoms. The first-order valence-electron chi connectivity index (χ1n) is 7.44. The lowest BCUT2D eigenvalue weighted by Crippen LogP contribution is -2.42. The number of para-hydroxylation sites is 1. The van der Waals surface area contributed by atoms with Crippen molar-refractivity contribution < 1.29 is 9.18 Å². The van der Waals surface area contributed by atoms with Gasteiger partial charge in [-0.2, -0.15) is 0 Å². The first kappa shape index (κ1) is 16.1. The summed E-state index contributed by atoms with van der Waals surface area (Å²) in [5.41, 5.74) is 0.234. The maximum absolute atomic E-state index is 13.6. The molecule has 1 aliphatic rings. The van der Waals surface area contributed by atoms with E-state index < -0.39 is 5.82 Å². The molecule has 2 rings (SSSR count). The molecule has 0 radical (unpaired) electrons. The van der Waals surface area contributed by atoms with Crippen LogP contribution in [0.15, 0.2) is 24.3 Å². The number of nitrogens with one attached hydrogen (secondary N) is 1. The van der Waals surface area contributed by atoms with Gasteiger partial charge in [-0.25, -0.2) is 9.18 Å². The molecule has 3 nitrogen and oxygen atoms in total. The number of benzene rings is 1. The molecule has 1 aliphatic carbocycles. The van der Waals surface area contributed by atoms with Crippen molar-refractivity contribution in [2.45, 2.75) is 37.5 Å². The number of rotatable bonds is 4. The van der Waals surface area contributed by atoms with E-state index in [9.17, 15) is 9.18 Å². The number of carbonyl (C=O) groups is 1. The summed E-state index contributed by atoms with van der Waals surface area (Å²) in [4.78, 5) is 14.1. The molecule has 1 aromatic rings. The van der Waals surface area contributed by atoms with Gasteiger partial charge in [-0.15, -0.1) is 11.8 Å². The number of anilines is 1. The maximum Gasteiger partial charge on any atom is 0.322 e. The van der Waals surface area contributed by atoms with Crippen LogP contribution >= 0.6 is 11.8 Å². The van der Waals surface area contributed by atoms with Gasteiger partial charge in [0.25, 0.3) is 0 Å². The number of amides is 2. The Hall–Kier alpha value is -1.23. The quantitative estimate of drug-likeness (QED) is 0.827. The van der Waals surface area contributed by atoms with Gasteiger partial charge in [0, 0.05) is 7.05 Å². The third-order valence-corrected chi connectivity index (χ3v) is 5.30. The van der Waals surface area contributed by atoms with Crippen LogP contribution < -0.4 is 5.32 Å². The molecular formula is C16H23FN2OS. The van der Waals surface area contributed by atoms with Gasteiger partial charge in [-0.3, -0.25) is 0 Å². The average Bonchev–Trinajstić information content (AvgIpc) is 2.51. The van der Waals surface area contributed by atoms with E-state index in [0.29, 0.717) is 5.92 Å². The summed E-state index contributed by atoms with van der Waals surface area (Å²) >= 11 is 1.70. The van der Waals surface area contributed by atoms with E-state index in [1.807, 2.05) is 6.26 Å². The van der Waals surface area contributed by atoms with Crippen LogP contribution in [0.5, 0.6) is 0 Å². The van der Waals surface area contributed by atoms with Crippen molar-refractivity contribution in [1.82, 2.24) is 4.90 Å². The Balaban J connectivity index is 2.01. The van der Waals surface area contributed by atoms with Gasteiger partial charge < -0.3 is 10.2 Å². The topological polar surface area (TPSA) is 32.3 Å². The largest absolute Gasteiger partial charge is 0.322 e. The molecule has 5 heteroatoms. The van der Waals surface area contributed by atoms with E-state index in [4.69, 9.17) is 0 Å². The van der Waals surface area contributed by atoms with Crippen molar-refractivity contribution in [2.24, 2.45) is 5.92 Å². The molecule has 2 amide bonds. The van der Waals surface area contributed by atoms with E-state index in [-0.39, 0.29) is 17.1 Å². The van der Waals surface area contributed by atoms with Gasteiger partial charge in [0.15, 0.2) is 0 Å². The highest BCUT2D eigenvalue weighted by Crippen LogP contribution is 2.33. The zero-order valence-electron chi connectivity index (χ0n) is 12.6. The molecule has 0 aromatic heterocycles. The molecule has 0 heterocycles. The van der Waals surface area contributed by atoms with E-state index in [2.05, 4.69) is 5.32 Å². The molecule has 0 spiro atoms. The van der Waals surface area contributed by atoms with Crippen LogP contribution in [-0.2, 0) is 0 Å². The number of hydrogen-bond donors (Lipinski definition) is 1. The number of halogens is 1. The smallest absolute Gasteiger partial charge is 0.315 e. The Labute approximate surface area is 130 Å². The Bertz CT molecular complexity index is 477. The fraction of sp³-hybridized carbons (Fsp3) is 0.562. The molecule has 0 saturated heterocycles. The average molecular weight is 310 g/mol. The first-order valence-corrected chi connectivity index (χ1v) is 8.73. The van der Waals surface area contributed by atoms with Gasteiger partial charge in [0.1, 0.15) is 5.82 Å². The second kappa shape index (κ2) is 7.69. The van der Waals surface area contributed by atoms with Gasteiger partial charge in [0.05, 0.1) is 11.1 Å². The second-order valence-electron chi connectivity index (χ2n) is 5.55. The molecule has 1 N–H and O–H groups in total. The summed E-state index contributed by atoms with van der Waals surface area (Å²) in [7, 11) is 1.80. The first-order chi connectivity index (χ1) is 10.1. The van der Waals surface area contributed by atoms with E-state index >= 15 is 0 Å². The van der Waals surface area contributed by atoms with Crippen molar-refractivity contribution in [3.05, 3.63) is 30.1 Å². The summed E-state index contributed by atoms with van der Waals surface area (Å²) in [5.74, 6) is 0.128. The number of carbonyl (C=O) groups excluding carboxylic acids is 1. The minimum absolute atomic E-state index is 0.150. The van der Waals surface area contributed by atoms with Crippen LogP contribution in [-0.4, -0.2) is 29.6 Å². The second-order valence-corrected chi connectivity index (χ2v) is 6.50. The van der Waals surface area contributed by atoms with Crippen LogP contribution in [0.2, 0.25) is 0 Å². The minimum Gasteiger partial charge on any atom is -0.315 e. The number of thioether (sulfide) groups is 1. The predicted molar refractivity (Wildman–Crippen MR) is 87.1 cm³/mol. The number of hydrogen-bond acceptors (Lipinski definition) is 2. The summed E-state index contributed by atoms with van der Waals surface area (Å²) in [6.07, 6.45) is 8.15. The fourth-order valence-corrected chi connectivity index (χ4v) is 4.04. The third kappa shape index (κ3) is 4.13. The van der Waals surface area contributed by atoms with Crippen LogP contribution in [0.4, 0.5) is 14.9 Å². The molecule has 1 unspecified atom stereocenters. The fourth-order valence-electron chi connectivity index (χ4n) is 2.97. The van der Waals surface area contributed by atoms with Crippen LogP contribution in [0.1, 0.15) is 32.1 Å². The number of nitrogens with zero attached hydrogens (tertiary/aromatic N) is 1. The molecule has 21 heavy (non-hydrogen) atoms. The molecule has 1 atom stereocenters. The summed E-state index contributed by atoms with van der Waals surface area (Å²) in [6, 6.07) is 6.01. The summed E-state index contributed by atoms with van der Waals surface area (Å²) in [6.45, 7) is 0. The summed E-state index contributed by atoms with van der Waals surface area (Å²) < 4.78 is 13.6. The van der Waals surface area contributed by atoms with Crippen LogP contribution in [0.3, 0.4) is 0 Å². The molecule has 0 aliphatic heterocycles. The van der Waals surface area contributed by atoms with Gasteiger partial charge in [-0.1, -0.05) is 31.4 Å². The third-order valence-electron chi connectivity index (χ3n) is 4.11. The summed E-state index contributed by atoms with van der Waals surface area (Å²) in [5, 5.41) is 2.81. The Morgan fingerprint density at radius 2 is 2.00 bits per heavy atom. The molecule has 116 valence electrons. The highest BCUT2D eigenvalue weighted by molar-refractivity contribution is 7.99. The highest BCUT2D eigenvalue weighted by atomic mass is 32.2. The van der Waals surface area contributed by atoms with Gasteiger partial charge in [-0.05, 0) is 37.1 Å². The van der Waals surface area contributed by atoms with E-state index in [0.717, 1.165) is 0 Å². The maximum atomic E-state index is 13.6. The van der Waals surface area contributed by atoms with Crippen molar-refractivity contribution in [2.75, 3.05) is 18.6 Å². The molecule has 1 saturated carbocycles. The van der Waals surface area contributed by atoms with Crippen molar-refractivity contribution in [1.29, 1.82) is 0 Å². The molecule has 1 aromatic carbocycles. The Morgan fingerprint density at radius 3 is 2.62 bits per heavy atom. The lowest BCUT2D eigenvalue weighted by Gasteiger charge is -2.35. The van der Waals surface area contributed by atoms with Crippen molar-refractivity contribution in [3.8, 4) is 0 Å². The van der Waals surface area contributed by atoms with Crippen LogP contribution in [0.25, 0.3) is 0 Å². The monoisotopic (exact) mass is 310 g/mol. The zero-order valence-corrected chi connectivity index (χ0v) is 13.5. The minimum atomic E-state index is -0.405. The van der Waals surface area contributed by atoms with Gasteiger partial charge >= 0.3 is 6.03 Å². The Kier molecular flexibility index (Phi) is 5.91. The lowest BCUT2D eigenvalue weighted by molar-refractivity contribution is 0.194. The van der Waals surface area contributed by atoms with Gasteiger partial charge in [0.2, 0.25) is 0 Å². The zero-order chi connectivity index (χ0) is 15.2. The van der Waals surface area contributed by atoms with Crippen LogP contribution in [0, 0.1) is 11.7 Å². The van der Waals surface area contributed by atoms with Crippen molar-refractivity contribution in [3.63, 3.8) is 0 Å². The highest BCUT2D eigenvalue weighted by Gasteiger charge is 2.29. The van der Waals surface area contributed by atoms with E-state index in [1.54, 1.807) is 41.9 Å². The SMILES string of the molecule is CSC(C1CCCCC1)N(C)C(=O)Nc1ccccc1F. The Morgan fingerprint density at radius 1 is 1.33 bits per heavy atom. The molecule has 1 fully saturated rings. The normalized spacial score (nSPS) is 17.3. The standard InChI is InChI=1S/C16H23FN2OS/c1-19(15(21-2)12-8-4-3-5-9-12)16(20)18-14-11-7-6-10-13(14)17/h6-7,10-12,15H,3-5,8-9H2,1-2H3,(H,18,20). The lowest BCUT2D eigenvalue weighted by atomic mass is 9.89.